The van der Waals surface area contributed by atoms with Crippen LogP contribution in [-0.4, -0.2) is 41.5 Å². The van der Waals surface area contributed by atoms with E-state index < -0.39 is 18.4 Å². The molecule has 0 bridgehead atoms. The molecule has 0 radical (unpaired) electrons. The van der Waals surface area contributed by atoms with Gasteiger partial charge in [0.2, 0.25) is 0 Å². The first-order chi connectivity index (χ1) is 7.95. The second-order valence-corrected chi connectivity index (χ2v) is 13.3. The van der Waals surface area contributed by atoms with Crippen LogP contribution in [0.15, 0.2) is 24.3 Å². The van der Waals surface area contributed by atoms with Crippen molar-refractivity contribution in [3.8, 4) is 5.75 Å². The Hall–Kier alpha value is -0.853. The third-order valence-electron chi connectivity index (χ3n) is 2.56. The van der Waals surface area contributed by atoms with Crippen molar-refractivity contribution in [3.63, 3.8) is 0 Å². The average molecular weight is 288 g/mol. The first kappa shape index (κ1) is 15.2. The van der Waals surface area contributed by atoms with Gasteiger partial charge in [-0.15, -0.1) is 8.42 Å². The highest BCUT2D eigenvalue weighted by atomic mass is 32.2. The van der Waals surface area contributed by atoms with Crippen molar-refractivity contribution in [2.75, 3.05) is 21.1 Å². The van der Waals surface area contributed by atoms with Crippen molar-refractivity contribution in [1.82, 2.24) is 0 Å². The molecule has 6 heteroatoms. The second-order valence-electron chi connectivity index (χ2n) is 6.15. The van der Waals surface area contributed by atoms with Gasteiger partial charge in [0, 0.05) is 0 Å². The maximum absolute atomic E-state index is 12.1. The van der Waals surface area contributed by atoms with Crippen LogP contribution < -0.4 is 9.37 Å². The lowest BCUT2D eigenvalue weighted by atomic mass is 10.3. The van der Waals surface area contributed by atoms with E-state index in [2.05, 4.69) is 19.6 Å². The van der Waals surface area contributed by atoms with Crippen LogP contribution in [0, 0.1) is 0 Å². The summed E-state index contributed by atoms with van der Waals surface area (Å²) in [5, 5.41) is 1.02. The molecule has 0 saturated heterocycles. The van der Waals surface area contributed by atoms with Gasteiger partial charge in [-0.25, -0.2) is 0 Å². The fourth-order valence-corrected chi connectivity index (χ4v) is 3.52. The first-order valence-corrected chi connectivity index (χ1v) is 10.7. The summed E-state index contributed by atoms with van der Waals surface area (Å²) in [6.45, 7) is 6.48. The maximum Gasteiger partial charge on any atom is 0.484 e. The Morgan fingerprint density at radius 2 is 1.56 bits per heavy atom. The number of nitrogens with zero attached hydrogens (tertiary/aromatic N) is 1. The van der Waals surface area contributed by atoms with E-state index in [1.165, 1.54) is 0 Å². The number of quaternary nitrogens is 1. The Kier molecular flexibility index (Phi) is 3.95. The van der Waals surface area contributed by atoms with E-state index in [0.29, 0.717) is 5.75 Å². The lowest BCUT2D eigenvalue weighted by Crippen LogP contribution is -2.46. The number of hydrogen-bond donors (Lipinski definition) is 0. The Morgan fingerprint density at radius 1 is 1.06 bits per heavy atom. The van der Waals surface area contributed by atoms with Gasteiger partial charge in [0.15, 0.2) is 0 Å². The fraction of sp³-hybridized carbons (Fsp3) is 0.500. The molecule has 0 aliphatic carbocycles. The molecule has 18 heavy (non-hydrogen) atoms. The topological polar surface area (TPSA) is 43.4 Å². The van der Waals surface area contributed by atoms with Crippen molar-refractivity contribution >= 4 is 23.6 Å². The number of rotatable bonds is 4. The first-order valence-electron chi connectivity index (χ1n) is 5.81. The van der Waals surface area contributed by atoms with E-state index in [4.69, 9.17) is 4.18 Å². The molecule has 0 aromatic heterocycles. The van der Waals surface area contributed by atoms with Crippen LogP contribution in [0.2, 0.25) is 19.6 Å². The summed E-state index contributed by atoms with van der Waals surface area (Å²) in [5.41, 5.74) is 0. The van der Waals surface area contributed by atoms with Gasteiger partial charge in [-0.3, -0.25) is 0 Å². The van der Waals surface area contributed by atoms with Gasteiger partial charge in [-0.2, -0.15) is 3.89 Å². The van der Waals surface area contributed by atoms with Gasteiger partial charge in [0.1, 0.15) is 5.75 Å². The highest BCUT2D eigenvalue weighted by Crippen LogP contribution is 2.18. The number of benzene rings is 1. The summed E-state index contributed by atoms with van der Waals surface area (Å²) >= 11 is 0. The molecule has 0 aliphatic heterocycles. The highest BCUT2D eigenvalue weighted by molar-refractivity contribution is 7.81. The fourth-order valence-electron chi connectivity index (χ4n) is 1.38. The summed E-state index contributed by atoms with van der Waals surface area (Å²) < 4.78 is 29.2. The second kappa shape index (κ2) is 4.68. The quantitative estimate of drug-likeness (QED) is 0.624. The van der Waals surface area contributed by atoms with Crippen LogP contribution in [0.1, 0.15) is 0 Å². The molecule has 0 amide bonds. The van der Waals surface area contributed by atoms with E-state index >= 15 is 0 Å². The Bertz CT molecular complexity index is 527. The zero-order chi connectivity index (χ0) is 14.2. The van der Waals surface area contributed by atoms with Crippen molar-refractivity contribution in [2.45, 2.75) is 19.6 Å². The predicted molar refractivity (Wildman–Crippen MR) is 77.0 cm³/mol. The molecule has 0 atom stereocenters. The van der Waals surface area contributed by atoms with Crippen LogP contribution in [0.4, 0.5) is 0 Å². The zero-order valence-electron chi connectivity index (χ0n) is 11.9. The zero-order valence-corrected chi connectivity index (χ0v) is 13.7. The lowest BCUT2D eigenvalue weighted by Gasteiger charge is -2.25. The molecule has 0 saturated carbocycles. The van der Waals surface area contributed by atoms with E-state index in [9.17, 15) is 8.42 Å². The van der Waals surface area contributed by atoms with E-state index in [1.807, 2.05) is 12.1 Å². The van der Waals surface area contributed by atoms with Crippen molar-refractivity contribution in [1.29, 1.82) is 0 Å². The van der Waals surface area contributed by atoms with Gasteiger partial charge in [0.05, 0.1) is 29.2 Å². The Balaban J connectivity index is 3.22. The standard InChI is InChI=1S/C12H22NO3SSi/c1-13(2,3)17(14,15)16-11-9-7-8-10-12(11)18(4,5)6/h7-10H,1-6H3/q+1. The number of para-hydroxylation sites is 1. The molecule has 0 heterocycles. The minimum absolute atomic E-state index is 0.257. The Labute approximate surface area is 111 Å². The van der Waals surface area contributed by atoms with Gasteiger partial charge in [0.25, 0.3) is 0 Å². The molecule has 0 N–H and O–H groups in total. The van der Waals surface area contributed by atoms with Crippen LogP contribution >= 0.6 is 0 Å². The summed E-state index contributed by atoms with van der Waals surface area (Å²) in [6.07, 6.45) is 0. The minimum Gasteiger partial charge on any atom is -0.342 e. The van der Waals surface area contributed by atoms with Crippen LogP contribution in [0.3, 0.4) is 0 Å². The van der Waals surface area contributed by atoms with E-state index in [1.54, 1.807) is 33.3 Å². The van der Waals surface area contributed by atoms with Crippen LogP contribution in [-0.2, 0) is 10.3 Å². The third-order valence-corrected chi connectivity index (χ3v) is 6.32. The van der Waals surface area contributed by atoms with Crippen LogP contribution in [0.5, 0.6) is 5.75 Å². The van der Waals surface area contributed by atoms with Gasteiger partial charge < -0.3 is 4.18 Å². The SMILES string of the molecule is C[N+](C)(C)S(=O)(=O)Oc1ccccc1[Si](C)(C)C. The Morgan fingerprint density at radius 3 is 2.00 bits per heavy atom. The summed E-state index contributed by atoms with van der Waals surface area (Å²) in [5.74, 6) is 0.463. The molecule has 0 aliphatic rings. The third kappa shape index (κ3) is 3.34. The normalized spacial score (nSPS) is 13.4. The molecule has 0 unspecified atom stereocenters. The van der Waals surface area contributed by atoms with Crippen molar-refractivity contribution in [3.05, 3.63) is 24.3 Å². The van der Waals surface area contributed by atoms with E-state index in [0.717, 1.165) is 5.19 Å². The average Bonchev–Trinajstić information content (AvgIpc) is 2.14. The summed E-state index contributed by atoms with van der Waals surface area (Å²) in [4.78, 5) is 0. The molecule has 0 fully saturated rings. The molecule has 1 aromatic carbocycles. The molecule has 0 spiro atoms. The molecule has 1 rings (SSSR count). The molecular formula is C12H22NO3SSi+. The van der Waals surface area contributed by atoms with Crippen molar-refractivity contribution in [2.24, 2.45) is 0 Å². The van der Waals surface area contributed by atoms with Crippen LogP contribution in [0.25, 0.3) is 0 Å². The molecular weight excluding hydrogens is 266 g/mol. The molecule has 4 nitrogen and oxygen atoms in total. The molecule has 102 valence electrons. The summed E-state index contributed by atoms with van der Waals surface area (Å²) in [6, 6.07) is 7.39. The monoisotopic (exact) mass is 288 g/mol. The summed E-state index contributed by atoms with van der Waals surface area (Å²) in [7, 11) is -0.579. The molecule has 1 aromatic rings. The largest absolute Gasteiger partial charge is 0.484 e. The van der Waals surface area contributed by atoms with Gasteiger partial charge >= 0.3 is 10.3 Å². The van der Waals surface area contributed by atoms with Gasteiger partial charge in [-0.1, -0.05) is 37.8 Å². The smallest absolute Gasteiger partial charge is 0.342 e. The lowest BCUT2D eigenvalue weighted by molar-refractivity contribution is -0.743. The van der Waals surface area contributed by atoms with Crippen molar-refractivity contribution < 1.29 is 16.5 Å². The number of hydrogen-bond acceptors (Lipinski definition) is 3. The predicted octanol–water partition coefficient (Wildman–Crippen LogP) is 1.56. The van der Waals surface area contributed by atoms with Gasteiger partial charge in [-0.05, 0) is 11.3 Å². The highest BCUT2D eigenvalue weighted by Gasteiger charge is 2.33. The van der Waals surface area contributed by atoms with E-state index in [-0.39, 0.29) is 3.89 Å². The maximum atomic E-state index is 12.1. The minimum atomic E-state index is -3.67.